The predicted molar refractivity (Wildman–Crippen MR) is 189 cm³/mol. The molecule has 282 valence electrons. The normalized spacial score (nSPS) is 13.4. The summed E-state index contributed by atoms with van der Waals surface area (Å²) in [6.07, 6.45) is 27.2. The van der Waals surface area contributed by atoms with E-state index in [2.05, 4.69) is 18.4 Å². The van der Waals surface area contributed by atoms with Gasteiger partial charge in [-0.2, -0.15) is 0 Å². The lowest BCUT2D eigenvalue weighted by atomic mass is 10.1. The molecular weight excluding hydrogens is 621 g/mol. The van der Waals surface area contributed by atoms with Crippen LogP contribution in [0.2, 0.25) is 0 Å². The summed E-state index contributed by atoms with van der Waals surface area (Å²) in [7, 11) is 1.19. The van der Waals surface area contributed by atoms with Gasteiger partial charge in [-0.25, -0.2) is 0 Å². The first-order valence-electron chi connectivity index (χ1n) is 18.8. The Morgan fingerprint density at radius 1 is 0.660 bits per heavy atom. The quantitative estimate of drug-likeness (QED) is 0.0310. The Balaban J connectivity index is 0. The fourth-order valence-corrected chi connectivity index (χ4v) is 5.24. The van der Waals surface area contributed by atoms with Gasteiger partial charge in [0, 0.05) is 12.8 Å². The number of esters is 2. The number of aliphatic hydroxyl groups excluding tert-OH is 1. The Hall–Kier alpha value is -1.03. The summed E-state index contributed by atoms with van der Waals surface area (Å²) in [6, 6.07) is 0. The van der Waals surface area contributed by atoms with Crippen molar-refractivity contribution >= 4 is 19.8 Å². The summed E-state index contributed by atoms with van der Waals surface area (Å²) in [5.74, 6) is -0.586. The molecule has 0 saturated carbocycles. The Morgan fingerprint density at radius 2 is 1.02 bits per heavy atom. The smallest absolute Gasteiger partial charge is 0.306 e. The van der Waals surface area contributed by atoms with E-state index in [1.165, 1.54) is 103 Å². The second kappa shape index (κ2) is 33.5. The van der Waals surface area contributed by atoms with Gasteiger partial charge in [0.15, 0.2) is 6.10 Å². The highest BCUT2D eigenvalue weighted by molar-refractivity contribution is 7.44. The van der Waals surface area contributed by atoms with Gasteiger partial charge >= 0.3 is 11.9 Å². The van der Waals surface area contributed by atoms with Crippen LogP contribution in [0.5, 0.6) is 0 Å². The van der Waals surface area contributed by atoms with Crippen molar-refractivity contribution < 1.29 is 47.5 Å². The van der Waals surface area contributed by atoms with Gasteiger partial charge in [0.2, 0.25) is 0 Å². The van der Waals surface area contributed by atoms with Crippen molar-refractivity contribution in [3.63, 3.8) is 0 Å². The fourth-order valence-electron chi connectivity index (χ4n) is 4.92. The van der Waals surface area contributed by atoms with E-state index < -0.39 is 13.9 Å². The molecule has 2 atom stereocenters. The Labute approximate surface area is 288 Å². The highest BCUT2D eigenvalue weighted by Crippen LogP contribution is 2.29. The van der Waals surface area contributed by atoms with E-state index in [1.54, 1.807) is 0 Å². The number of unbranched alkanes of at least 4 members (excludes halogenated alkanes) is 20. The lowest BCUT2D eigenvalue weighted by Gasteiger charge is -2.25. The van der Waals surface area contributed by atoms with Gasteiger partial charge in [-0.1, -0.05) is 142 Å². The molecule has 0 bridgehead atoms. The predicted octanol–water partition coefficient (Wildman–Crippen LogP) is 8.01. The third-order valence-electron chi connectivity index (χ3n) is 7.92. The van der Waals surface area contributed by atoms with Crippen LogP contribution >= 0.6 is 7.82 Å². The first-order chi connectivity index (χ1) is 22.3. The summed E-state index contributed by atoms with van der Waals surface area (Å²) < 4.78 is 25.3. The number of ether oxygens (including phenoxy) is 2. The number of quaternary nitrogens is 1. The lowest BCUT2D eigenvalue weighted by molar-refractivity contribution is -0.870. The molecule has 0 aromatic carbocycles. The number of carbonyl (C=O) groups is 2. The molecule has 0 saturated heterocycles. The molecule has 0 aliphatic rings. The summed E-state index contributed by atoms with van der Waals surface area (Å²) >= 11 is 0. The van der Waals surface area contributed by atoms with Crippen LogP contribution in [-0.4, -0.2) is 80.0 Å². The number of hydrogen-bond acceptors (Lipinski definition) is 8. The molecular formula is C36H74NO9P. The molecule has 11 heteroatoms. The van der Waals surface area contributed by atoms with Gasteiger partial charge in [0.25, 0.3) is 7.82 Å². The van der Waals surface area contributed by atoms with Crippen LogP contribution in [0, 0.1) is 0 Å². The topological polar surface area (TPSA) is 142 Å². The number of aliphatic hydroxyl groups is 1. The molecule has 0 aromatic heterocycles. The minimum Gasteiger partial charge on any atom is -0.756 e. The monoisotopic (exact) mass is 696 g/mol. The van der Waals surface area contributed by atoms with Crippen LogP contribution < -0.4 is 4.89 Å². The van der Waals surface area contributed by atoms with Crippen LogP contribution in [0.15, 0.2) is 0 Å². The van der Waals surface area contributed by atoms with Crippen molar-refractivity contribution in [3.05, 3.63) is 0 Å². The van der Waals surface area contributed by atoms with E-state index in [1.807, 2.05) is 21.1 Å². The summed E-state index contributed by atoms with van der Waals surface area (Å²) in [4.78, 5) is 42.2. The van der Waals surface area contributed by atoms with Crippen LogP contribution in [0.4, 0.5) is 0 Å². The lowest BCUT2D eigenvalue weighted by Crippen LogP contribution is -2.37. The standard InChI is InChI=1S/C31H60O5.C5H14NO4P/c1-3-5-7-9-11-13-15-17-19-21-23-25-30(33)35-28-29(27-32)36-31(34)26-24-22-20-18-16-14-12-10-8-6-4-2;1-6(2,3)4-5-10-11(7,8)9/h29,32H,3-28H2,1-2H3;4-5H2,1-3H3,(H-,7,8,9)/t29-;/m0./s1. The molecule has 10 nitrogen and oxygen atoms in total. The Kier molecular flexibility index (Phi) is 34.2. The van der Waals surface area contributed by atoms with Gasteiger partial charge in [-0.05, 0) is 12.8 Å². The molecule has 0 amide bonds. The molecule has 1 unspecified atom stereocenters. The van der Waals surface area contributed by atoms with Gasteiger partial charge in [0.1, 0.15) is 19.8 Å². The van der Waals surface area contributed by atoms with E-state index >= 15 is 0 Å². The summed E-state index contributed by atoms with van der Waals surface area (Å²) in [5, 5.41) is 9.46. The zero-order valence-corrected chi connectivity index (χ0v) is 31.9. The highest BCUT2D eigenvalue weighted by Gasteiger charge is 2.16. The Morgan fingerprint density at radius 3 is 1.36 bits per heavy atom. The van der Waals surface area contributed by atoms with Crippen molar-refractivity contribution in [1.82, 2.24) is 0 Å². The highest BCUT2D eigenvalue weighted by atomic mass is 31.2. The molecule has 0 heterocycles. The average Bonchev–Trinajstić information content (AvgIpc) is 2.99. The fraction of sp³-hybridized carbons (Fsp3) is 0.944. The zero-order chi connectivity index (χ0) is 35.7. The number of likely N-dealkylation sites (N-methyl/N-ethyl adjacent to an activating group) is 1. The Bertz CT molecular complexity index is 755. The van der Waals surface area contributed by atoms with Crippen LogP contribution in [0.25, 0.3) is 0 Å². The molecule has 0 radical (unpaired) electrons. The minimum atomic E-state index is -4.51. The van der Waals surface area contributed by atoms with E-state index in [0.29, 0.717) is 23.9 Å². The third kappa shape index (κ3) is 42.9. The maximum absolute atomic E-state index is 12.0. The molecule has 0 aliphatic heterocycles. The van der Waals surface area contributed by atoms with Crippen molar-refractivity contribution in [2.75, 3.05) is 47.5 Å². The zero-order valence-electron chi connectivity index (χ0n) is 31.0. The molecule has 0 rings (SSSR count). The van der Waals surface area contributed by atoms with Crippen LogP contribution in [-0.2, 0) is 28.2 Å². The molecule has 0 fully saturated rings. The average molecular weight is 696 g/mol. The van der Waals surface area contributed by atoms with E-state index in [-0.39, 0.29) is 31.8 Å². The first kappa shape index (κ1) is 48.1. The van der Waals surface area contributed by atoms with Crippen LogP contribution in [0.1, 0.15) is 168 Å². The number of phosphoric ester groups is 1. The largest absolute Gasteiger partial charge is 0.756 e. The minimum absolute atomic E-state index is 0.0147. The molecule has 0 aromatic rings. The summed E-state index contributed by atoms with van der Waals surface area (Å²) in [5.41, 5.74) is 0. The van der Waals surface area contributed by atoms with Crippen molar-refractivity contribution in [3.8, 4) is 0 Å². The molecule has 0 aliphatic carbocycles. The molecule has 47 heavy (non-hydrogen) atoms. The van der Waals surface area contributed by atoms with Crippen LogP contribution in [0.3, 0.4) is 0 Å². The van der Waals surface area contributed by atoms with Gasteiger partial charge in [-0.15, -0.1) is 0 Å². The summed E-state index contributed by atoms with van der Waals surface area (Å²) in [6.45, 7) is 4.66. The van der Waals surface area contributed by atoms with E-state index in [9.17, 15) is 24.2 Å². The van der Waals surface area contributed by atoms with Gasteiger partial charge in [-0.3, -0.25) is 14.2 Å². The number of phosphoric acid groups is 1. The van der Waals surface area contributed by atoms with Crippen molar-refractivity contribution in [2.24, 2.45) is 0 Å². The molecule has 2 N–H and O–H groups in total. The van der Waals surface area contributed by atoms with E-state index in [0.717, 1.165) is 38.5 Å². The number of carbonyl (C=O) groups excluding carboxylic acids is 2. The maximum Gasteiger partial charge on any atom is 0.306 e. The number of nitrogens with zero attached hydrogens (tertiary/aromatic N) is 1. The van der Waals surface area contributed by atoms with Crippen molar-refractivity contribution in [1.29, 1.82) is 0 Å². The van der Waals surface area contributed by atoms with Crippen molar-refractivity contribution in [2.45, 2.75) is 174 Å². The second-order valence-electron chi connectivity index (χ2n) is 13.9. The molecule has 0 spiro atoms. The van der Waals surface area contributed by atoms with E-state index in [4.69, 9.17) is 14.4 Å². The first-order valence-corrected chi connectivity index (χ1v) is 20.3. The second-order valence-corrected chi connectivity index (χ2v) is 15.1. The maximum atomic E-state index is 12.0. The number of hydrogen-bond donors (Lipinski definition) is 2. The van der Waals surface area contributed by atoms with Gasteiger partial charge in [0.05, 0.1) is 27.7 Å². The number of rotatable bonds is 32. The SMILES string of the molecule is CCCCCCCCCCCCCC(=O)OC[C@H](CO)OC(=O)CCCCCCCCCCCCC.C[N+](C)(C)CCOP(=O)([O-])O. The van der Waals surface area contributed by atoms with Gasteiger partial charge < -0.3 is 33.4 Å². The third-order valence-corrected chi connectivity index (χ3v) is 8.43.